The van der Waals surface area contributed by atoms with Crippen molar-refractivity contribution in [1.29, 1.82) is 0 Å². The number of benzene rings is 2. The standard InChI is InChI=1S/C16H16BrNO5S/c1-24(20,21)18-15-8-3-2-7-14(15)16(19)23-10-9-22-13-6-4-5-12(17)11-13/h2-8,11,18H,9-10H2,1H3. The third-order valence-corrected chi connectivity index (χ3v) is 3.91. The average Bonchev–Trinajstić information content (AvgIpc) is 2.50. The zero-order valence-corrected chi connectivity index (χ0v) is 15.3. The summed E-state index contributed by atoms with van der Waals surface area (Å²) in [5.74, 6) is 0.0270. The van der Waals surface area contributed by atoms with Crippen molar-refractivity contribution >= 4 is 37.6 Å². The number of rotatable bonds is 7. The van der Waals surface area contributed by atoms with E-state index in [1.54, 1.807) is 24.3 Å². The molecular weight excluding hydrogens is 398 g/mol. The van der Waals surface area contributed by atoms with Gasteiger partial charge in [0, 0.05) is 4.47 Å². The van der Waals surface area contributed by atoms with Gasteiger partial charge in [-0.25, -0.2) is 13.2 Å². The molecule has 0 aliphatic carbocycles. The lowest BCUT2D eigenvalue weighted by molar-refractivity contribution is 0.0451. The largest absolute Gasteiger partial charge is 0.490 e. The van der Waals surface area contributed by atoms with E-state index in [1.165, 1.54) is 12.1 Å². The predicted octanol–water partition coefficient (Wildman–Crippen LogP) is 3.06. The highest BCUT2D eigenvalue weighted by molar-refractivity contribution is 9.10. The number of hydrogen-bond acceptors (Lipinski definition) is 5. The highest BCUT2D eigenvalue weighted by Crippen LogP contribution is 2.19. The van der Waals surface area contributed by atoms with Crippen molar-refractivity contribution in [2.45, 2.75) is 0 Å². The molecule has 24 heavy (non-hydrogen) atoms. The molecule has 0 fully saturated rings. The molecule has 0 heterocycles. The van der Waals surface area contributed by atoms with E-state index in [4.69, 9.17) is 9.47 Å². The van der Waals surface area contributed by atoms with Crippen LogP contribution in [0, 0.1) is 0 Å². The van der Waals surface area contributed by atoms with Gasteiger partial charge in [0.1, 0.15) is 19.0 Å². The number of halogens is 1. The van der Waals surface area contributed by atoms with Crippen LogP contribution in [0.2, 0.25) is 0 Å². The van der Waals surface area contributed by atoms with Gasteiger partial charge in [0.2, 0.25) is 10.0 Å². The Labute approximate surface area is 149 Å². The number of hydrogen-bond donors (Lipinski definition) is 1. The molecule has 2 aromatic rings. The van der Waals surface area contributed by atoms with Gasteiger partial charge in [-0.15, -0.1) is 0 Å². The number of anilines is 1. The van der Waals surface area contributed by atoms with Crippen LogP contribution in [0.15, 0.2) is 53.0 Å². The first-order valence-corrected chi connectivity index (χ1v) is 9.66. The van der Waals surface area contributed by atoms with Crippen molar-refractivity contribution in [3.63, 3.8) is 0 Å². The molecule has 0 aromatic heterocycles. The summed E-state index contributed by atoms with van der Waals surface area (Å²) >= 11 is 3.34. The summed E-state index contributed by atoms with van der Waals surface area (Å²) in [7, 11) is -3.49. The van der Waals surface area contributed by atoms with Gasteiger partial charge >= 0.3 is 5.97 Å². The normalized spacial score (nSPS) is 10.9. The van der Waals surface area contributed by atoms with E-state index in [2.05, 4.69) is 20.7 Å². The Morgan fingerprint density at radius 3 is 2.58 bits per heavy atom. The summed E-state index contributed by atoms with van der Waals surface area (Å²) in [6, 6.07) is 13.5. The Hall–Kier alpha value is -2.06. The van der Waals surface area contributed by atoms with Crippen molar-refractivity contribution in [1.82, 2.24) is 0 Å². The molecule has 128 valence electrons. The maximum atomic E-state index is 12.1. The van der Waals surface area contributed by atoms with Gasteiger partial charge in [0.05, 0.1) is 17.5 Å². The van der Waals surface area contributed by atoms with Crippen LogP contribution in [0.1, 0.15) is 10.4 Å². The molecule has 8 heteroatoms. The molecule has 0 atom stereocenters. The fourth-order valence-corrected chi connectivity index (χ4v) is 2.83. The maximum absolute atomic E-state index is 12.1. The number of para-hydroxylation sites is 1. The molecule has 0 bridgehead atoms. The van der Waals surface area contributed by atoms with E-state index in [9.17, 15) is 13.2 Å². The fourth-order valence-electron chi connectivity index (χ4n) is 1.88. The molecule has 1 N–H and O–H groups in total. The van der Waals surface area contributed by atoms with Crippen molar-refractivity contribution in [2.75, 3.05) is 24.2 Å². The third-order valence-electron chi connectivity index (χ3n) is 2.82. The summed E-state index contributed by atoms with van der Waals surface area (Å²) in [4.78, 5) is 12.1. The van der Waals surface area contributed by atoms with Crippen molar-refractivity contribution < 1.29 is 22.7 Å². The van der Waals surface area contributed by atoms with E-state index < -0.39 is 16.0 Å². The molecule has 6 nitrogen and oxygen atoms in total. The number of esters is 1. The van der Waals surface area contributed by atoms with Gasteiger partial charge in [-0.1, -0.05) is 34.1 Å². The first-order chi connectivity index (χ1) is 11.3. The molecule has 2 aromatic carbocycles. The highest BCUT2D eigenvalue weighted by Gasteiger charge is 2.14. The Kier molecular flexibility index (Phi) is 6.22. The molecule has 0 radical (unpaired) electrons. The van der Waals surface area contributed by atoms with E-state index >= 15 is 0 Å². The molecule has 0 unspecified atom stereocenters. The second-order valence-corrected chi connectivity index (χ2v) is 7.53. The van der Waals surface area contributed by atoms with Gasteiger partial charge in [-0.2, -0.15) is 0 Å². The van der Waals surface area contributed by atoms with Crippen molar-refractivity contribution in [2.24, 2.45) is 0 Å². The van der Waals surface area contributed by atoms with Gasteiger partial charge in [-0.3, -0.25) is 4.72 Å². The van der Waals surface area contributed by atoms with Crippen LogP contribution in [0.5, 0.6) is 5.75 Å². The average molecular weight is 414 g/mol. The van der Waals surface area contributed by atoms with Gasteiger partial charge in [0.15, 0.2) is 0 Å². The van der Waals surface area contributed by atoms with E-state index in [-0.39, 0.29) is 24.5 Å². The van der Waals surface area contributed by atoms with Gasteiger partial charge in [0.25, 0.3) is 0 Å². The quantitative estimate of drug-likeness (QED) is 0.557. The molecule has 0 aliphatic heterocycles. The van der Waals surface area contributed by atoms with Crippen molar-refractivity contribution in [3.8, 4) is 5.75 Å². The number of sulfonamides is 1. The van der Waals surface area contributed by atoms with Crippen molar-refractivity contribution in [3.05, 3.63) is 58.6 Å². The molecule has 0 saturated heterocycles. The first-order valence-electron chi connectivity index (χ1n) is 6.97. The van der Waals surface area contributed by atoms with Crippen LogP contribution in [0.25, 0.3) is 0 Å². The smallest absolute Gasteiger partial charge is 0.340 e. The van der Waals surface area contributed by atoms with Crippen LogP contribution in [0.3, 0.4) is 0 Å². The summed E-state index contributed by atoms with van der Waals surface area (Å²) in [6.07, 6.45) is 1.01. The van der Waals surface area contributed by atoms with Crippen LogP contribution >= 0.6 is 15.9 Å². The van der Waals surface area contributed by atoms with E-state index in [1.807, 2.05) is 12.1 Å². The number of carbonyl (C=O) groups excluding carboxylic acids is 1. The Bertz CT molecular complexity index is 823. The molecule has 0 amide bonds. The molecular formula is C16H16BrNO5S. The number of nitrogens with one attached hydrogen (secondary N) is 1. The third kappa shape index (κ3) is 5.86. The van der Waals surface area contributed by atoms with E-state index in [0.29, 0.717) is 5.75 Å². The lowest BCUT2D eigenvalue weighted by Crippen LogP contribution is -2.16. The first kappa shape index (κ1) is 18.3. The molecule has 0 saturated carbocycles. The second kappa shape index (κ2) is 8.16. The second-order valence-electron chi connectivity index (χ2n) is 4.86. The zero-order valence-electron chi connectivity index (χ0n) is 12.9. The minimum absolute atomic E-state index is 0.0402. The topological polar surface area (TPSA) is 81.7 Å². The Morgan fingerprint density at radius 2 is 1.88 bits per heavy atom. The molecule has 0 spiro atoms. The Morgan fingerprint density at radius 1 is 1.12 bits per heavy atom. The predicted molar refractivity (Wildman–Crippen MR) is 94.8 cm³/mol. The number of carbonyl (C=O) groups is 1. The minimum atomic E-state index is -3.49. The SMILES string of the molecule is CS(=O)(=O)Nc1ccccc1C(=O)OCCOc1cccc(Br)c1. The summed E-state index contributed by atoms with van der Waals surface area (Å²) in [5.41, 5.74) is 0.322. The van der Waals surface area contributed by atoms with Crippen LogP contribution in [-0.2, 0) is 14.8 Å². The number of ether oxygens (including phenoxy) is 2. The summed E-state index contributed by atoms with van der Waals surface area (Å²) < 4.78 is 36.4. The monoisotopic (exact) mass is 413 g/mol. The Balaban J connectivity index is 1.91. The molecule has 0 aliphatic rings. The van der Waals surface area contributed by atoms with Gasteiger partial charge in [-0.05, 0) is 30.3 Å². The van der Waals surface area contributed by atoms with Crippen LogP contribution in [0.4, 0.5) is 5.69 Å². The highest BCUT2D eigenvalue weighted by atomic mass is 79.9. The van der Waals surface area contributed by atoms with Gasteiger partial charge < -0.3 is 9.47 Å². The van der Waals surface area contributed by atoms with E-state index in [0.717, 1.165) is 10.7 Å². The summed E-state index contributed by atoms with van der Waals surface area (Å²) in [6.45, 7) is 0.225. The summed E-state index contributed by atoms with van der Waals surface area (Å²) in [5, 5.41) is 0. The lowest BCUT2D eigenvalue weighted by atomic mass is 10.2. The maximum Gasteiger partial charge on any atom is 0.340 e. The molecule has 2 rings (SSSR count). The van der Waals surface area contributed by atoms with Crippen LogP contribution in [-0.4, -0.2) is 33.9 Å². The minimum Gasteiger partial charge on any atom is -0.490 e. The zero-order chi connectivity index (χ0) is 17.6. The fraction of sp³-hybridized carbons (Fsp3) is 0.188. The lowest BCUT2D eigenvalue weighted by Gasteiger charge is -2.11. The van der Waals surface area contributed by atoms with Crippen LogP contribution < -0.4 is 9.46 Å².